The predicted octanol–water partition coefficient (Wildman–Crippen LogP) is 3.36. The van der Waals surface area contributed by atoms with E-state index in [0.717, 1.165) is 16.8 Å². The molecule has 3 aromatic rings. The minimum absolute atomic E-state index is 0.654. The summed E-state index contributed by atoms with van der Waals surface area (Å²) in [5, 5.41) is 5.09. The first-order chi connectivity index (χ1) is 8.24. The standard InChI is InChI=1S/C13H10ClN3/c1-9-6-7-12-15-13(16-17(12)8-9)10-4-2-3-5-11(10)14/h2-8H,1H3. The Hall–Kier alpha value is -1.87. The second-order valence-electron chi connectivity index (χ2n) is 3.92. The van der Waals surface area contributed by atoms with Gasteiger partial charge in [0.15, 0.2) is 11.5 Å². The molecular formula is C13H10ClN3. The lowest BCUT2D eigenvalue weighted by atomic mass is 10.2. The Morgan fingerprint density at radius 3 is 2.76 bits per heavy atom. The van der Waals surface area contributed by atoms with Gasteiger partial charge in [-0.25, -0.2) is 9.50 Å². The number of hydrogen-bond donors (Lipinski definition) is 0. The van der Waals surface area contributed by atoms with Crippen molar-refractivity contribution in [3.05, 3.63) is 53.2 Å². The first kappa shape index (κ1) is 10.3. The summed E-state index contributed by atoms with van der Waals surface area (Å²) in [5.41, 5.74) is 2.83. The normalized spacial score (nSPS) is 10.9. The van der Waals surface area contributed by atoms with Crippen molar-refractivity contribution >= 4 is 17.2 Å². The highest BCUT2D eigenvalue weighted by Gasteiger charge is 2.08. The van der Waals surface area contributed by atoms with Crippen LogP contribution in [0, 0.1) is 6.92 Å². The van der Waals surface area contributed by atoms with Gasteiger partial charge in [0.05, 0.1) is 5.02 Å². The molecule has 0 radical (unpaired) electrons. The Bertz CT molecular complexity index is 688. The quantitative estimate of drug-likeness (QED) is 0.656. The van der Waals surface area contributed by atoms with Crippen molar-refractivity contribution in [1.29, 1.82) is 0 Å². The lowest BCUT2D eigenvalue weighted by molar-refractivity contribution is 0.956. The van der Waals surface area contributed by atoms with Crippen LogP contribution in [0.2, 0.25) is 5.02 Å². The molecule has 3 rings (SSSR count). The summed E-state index contributed by atoms with van der Waals surface area (Å²) < 4.78 is 1.77. The van der Waals surface area contributed by atoms with Gasteiger partial charge in [-0.1, -0.05) is 29.8 Å². The highest BCUT2D eigenvalue weighted by Crippen LogP contribution is 2.24. The van der Waals surface area contributed by atoms with Crippen LogP contribution in [0.1, 0.15) is 5.56 Å². The highest BCUT2D eigenvalue weighted by molar-refractivity contribution is 6.33. The van der Waals surface area contributed by atoms with Gasteiger partial charge in [-0.3, -0.25) is 0 Å². The fraction of sp³-hybridized carbons (Fsp3) is 0.0769. The molecule has 0 unspecified atom stereocenters. The molecule has 2 heterocycles. The molecule has 3 nitrogen and oxygen atoms in total. The number of nitrogens with zero attached hydrogens (tertiary/aromatic N) is 3. The van der Waals surface area contributed by atoms with Gasteiger partial charge in [-0.05, 0) is 30.7 Å². The van der Waals surface area contributed by atoms with E-state index < -0.39 is 0 Å². The van der Waals surface area contributed by atoms with Crippen LogP contribution in [0.4, 0.5) is 0 Å². The van der Waals surface area contributed by atoms with Crippen molar-refractivity contribution in [3.63, 3.8) is 0 Å². The maximum Gasteiger partial charge on any atom is 0.183 e. The van der Waals surface area contributed by atoms with Crippen molar-refractivity contribution in [2.45, 2.75) is 6.92 Å². The summed E-state index contributed by atoms with van der Waals surface area (Å²) in [6, 6.07) is 11.5. The Balaban J connectivity index is 2.22. The lowest BCUT2D eigenvalue weighted by Crippen LogP contribution is -1.87. The van der Waals surface area contributed by atoms with Gasteiger partial charge in [0, 0.05) is 11.8 Å². The predicted molar refractivity (Wildman–Crippen MR) is 68.2 cm³/mol. The van der Waals surface area contributed by atoms with Crippen LogP contribution in [-0.4, -0.2) is 14.6 Å². The van der Waals surface area contributed by atoms with E-state index in [4.69, 9.17) is 11.6 Å². The number of benzene rings is 1. The molecule has 0 amide bonds. The maximum atomic E-state index is 6.13. The van der Waals surface area contributed by atoms with E-state index in [2.05, 4.69) is 10.1 Å². The average molecular weight is 244 g/mol. The lowest BCUT2D eigenvalue weighted by Gasteiger charge is -1.96. The molecule has 0 aliphatic carbocycles. The molecule has 0 spiro atoms. The second-order valence-corrected chi connectivity index (χ2v) is 4.33. The van der Waals surface area contributed by atoms with Crippen molar-refractivity contribution in [2.24, 2.45) is 0 Å². The summed E-state index contributed by atoms with van der Waals surface area (Å²) >= 11 is 6.13. The Kier molecular flexibility index (Phi) is 2.34. The summed E-state index contributed by atoms with van der Waals surface area (Å²) in [5.74, 6) is 0.654. The van der Waals surface area contributed by atoms with Crippen LogP contribution in [0.3, 0.4) is 0 Å². The van der Waals surface area contributed by atoms with E-state index in [1.54, 1.807) is 4.52 Å². The monoisotopic (exact) mass is 243 g/mol. The fourth-order valence-corrected chi connectivity index (χ4v) is 1.96. The van der Waals surface area contributed by atoms with Crippen molar-refractivity contribution in [1.82, 2.24) is 14.6 Å². The van der Waals surface area contributed by atoms with Crippen LogP contribution < -0.4 is 0 Å². The number of aromatic nitrogens is 3. The molecule has 0 aliphatic rings. The van der Waals surface area contributed by atoms with E-state index in [0.29, 0.717) is 10.8 Å². The number of hydrogen-bond acceptors (Lipinski definition) is 2. The van der Waals surface area contributed by atoms with Gasteiger partial charge in [0.25, 0.3) is 0 Å². The second kappa shape index (κ2) is 3.86. The van der Waals surface area contributed by atoms with Crippen molar-refractivity contribution < 1.29 is 0 Å². The number of aryl methyl sites for hydroxylation is 1. The molecule has 84 valence electrons. The van der Waals surface area contributed by atoms with Gasteiger partial charge in [-0.15, -0.1) is 5.10 Å². The summed E-state index contributed by atoms with van der Waals surface area (Å²) in [6.07, 6.45) is 1.95. The molecule has 0 aliphatic heterocycles. The van der Waals surface area contributed by atoms with E-state index in [-0.39, 0.29) is 0 Å². The largest absolute Gasteiger partial charge is 0.220 e. The minimum atomic E-state index is 0.654. The molecule has 1 aromatic carbocycles. The topological polar surface area (TPSA) is 30.2 Å². The van der Waals surface area contributed by atoms with Gasteiger partial charge >= 0.3 is 0 Å². The maximum absolute atomic E-state index is 6.13. The third-order valence-corrected chi connectivity index (χ3v) is 2.92. The average Bonchev–Trinajstić information content (AvgIpc) is 2.72. The number of halogens is 1. The third kappa shape index (κ3) is 1.78. The smallest absolute Gasteiger partial charge is 0.183 e. The van der Waals surface area contributed by atoms with Crippen molar-refractivity contribution in [2.75, 3.05) is 0 Å². The van der Waals surface area contributed by atoms with E-state index in [1.165, 1.54) is 0 Å². The van der Waals surface area contributed by atoms with Gasteiger partial charge in [0.2, 0.25) is 0 Å². The number of pyridine rings is 1. The molecule has 0 bridgehead atoms. The fourth-order valence-electron chi connectivity index (χ4n) is 1.74. The van der Waals surface area contributed by atoms with Crippen LogP contribution >= 0.6 is 11.6 Å². The molecule has 0 saturated heterocycles. The first-order valence-electron chi connectivity index (χ1n) is 5.32. The molecule has 2 aromatic heterocycles. The Morgan fingerprint density at radius 1 is 1.12 bits per heavy atom. The Morgan fingerprint density at radius 2 is 1.94 bits per heavy atom. The molecule has 0 fully saturated rings. The number of fused-ring (bicyclic) bond motifs is 1. The molecule has 17 heavy (non-hydrogen) atoms. The van der Waals surface area contributed by atoms with E-state index >= 15 is 0 Å². The molecule has 0 N–H and O–H groups in total. The first-order valence-corrected chi connectivity index (χ1v) is 5.70. The summed E-state index contributed by atoms with van der Waals surface area (Å²) in [4.78, 5) is 4.45. The zero-order chi connectivity index (χ0) is 11.8. The molecule has 4 heteroatoms. The molecular weight excluding hydrogens is 234 g/mol. The zero-order valence-electron chi connectivity index (χ0n) is 9.26. The highest BCUT2D eigenvalue weighted by atomic mass is 35.5. The van der Waals surface area contributed by atoms with Gasteiger partial charge < -0.3 is 0 Å². The Labute approximate surface area is 104 Å². The van der Waals surface area contributed by atoms with Crippen LogP contribution in [0.25, 0.3) is 17.0 Å². The SMILES string of the molecule is Cc1ccc2nc(-c3ccccc3Cl)nn2c1. The van der Waals surface area contributed by atoms with Crippen LogP contribution in [-0.2, 0) is 0 Å². The van der Waals surface area contributed by atoms with Crippen LogP contribution in [0.15, 0.2) is 42.6 Å². The third-order valence-electron chi connectivity index (χ3n) is 2.59. The molecule has 0 saturated carbocycles. The summed E-state index contributed by atoms with van der Waals surface area (Å²) in [6.45, 7) is 2.02. The zero-order valence-corrected chi connectivity index (χ0v) is 10.0. The van der Waals surface area contributed by atoms with Crippen LogP contribution in [0.5, 0.6) is 0 Å². The minimum Gasteiger partial charge on any atom is -0.220 e. The van der Waals surface area contributed by atoms with Gasteiger partial charge in [0.1, 0.15) is 0 Å². The number of rotatable bonds is 1. The van der Waals surface area contributed by atoms with Crippen molar-refractivity contribution in [3.8, 4) is 11.4 Å². The molecule has 0 atom stereocenters. The van der Waals surface area contributed by atoms with Gasteiger partial charge in [-0.2, -0.15) is 0 Å². The summed E-state index contributed by atoms with van der Waals surface area (Å²) in [7, 11) is 0. The van der Waals surface area contributed by atoms with E-state index in [9.17, 15) is 0 Å². The van der Waals surface area contributed by atoms with E-state index in [1.807, 2.05) is 49.5 Å².